The van der Waals surface area contributed by atoms with Gasteiger partial charge in [0.05, 0.1) is 47.3 Å². The molecule has 1 rings (SSSR count). The zero-order chi connectivity index (χ0) is 26.6. The number of nitrogens with two attached hydrogens (primary N) is 4. The Morgan fingerprint density at radius 3 is 1.09 bits per heavy atom. The molecule has 0 heterocycles. The van der Waals surface area contributed by atoms with Crippen molar-refractivity contribution in [1.29, 1.82) is 0 Å². The Morgan fingerprint density at radius 1 is 0.618 bits per heavy atom. The molecule has 8 N–H and O–H groups in total. The standard InChI is InChI=1S/2C8H19N.C6H8N2O6S2/c2*1-3-5-7-9-8-6-4-2;7-3-1-4(8)6(16(12,13)14)2-5(3)15(9,10)11/h2*9H,3-8H2,1-2H3;1-2H,7-8H2,(H,9,10,11)(H,12,13,14). The van der Waals surface area contributed by atoms with Crippen molar-refractivity contribution in [3.8, 4) is 0 Å². The highest BCUT2D eigenvalue weighted by molar-refractivity contribution is 7.86. The fourth-order valence-electron chi connectivity index (χ4n) is 2.71. The smallest absolute Gasteiger partial charge is 0.126 e. The van der Waals surface area contributed by atoms with Gasteiger partial charge in [-0.15, -0.1) is 0 Å². The van der Waals surface area contributed by atoms with E-state index in [1.165, 1.54) is 77.5 Å². The van der Waals surface area contributed by atoms with Crippen LogP contribution in [0.1, 0.15) is 79.1 Å². The first-order chi connectivity index (χ1) is 15.9. The van der Waals surface area contributed by atoms with Gasteiger partial charge in [-0.2, -0.15) is 0 Å². The lowest BCUT2D eigenvalue weighted by atomic mass is 10.3. The van der Waals surface area contributed by atoms with Gasteiger partial charge in [-0.05, 0) is 37.8 Å². The maximum Gasteiger partial charge on any atom is 0.126 e. The van der Waals surface area contributed by atoms with Gasteiger partial charge in [-0.25, -0.2) is 16.8 Å². The number of benzene rings is 1. The van der Waals surface area contributed by atoms with Crippen LogP contribution in [0.25, 0.3) is 0 Å². The lowest BCUT2D eigenvalue weighted by molar-refractivity contribution is -0.655. The van der Waals surface area contributed by atoms with Crippen LogP contribution < -0.4 is 22.1 Å². The average molecular weight is 527 g/mol. The van der Waals surface area contributed by atoms with Gasteiger partial charge in [0.2, 0.25) is 0 Å². The van der Waals surface area contributed by atoms with E-state index >= 15 is 0 Å². The normalized spacial score (nSPS) is 11.2. The molecule has 0 spiro atoms. The number of unbranched alkanes of at least 4 members (excludes halogenated alkanes) is 4. The molecule has 0 fully saturated rings. The molecule has 1 aromatic carbocycles. The van der Waals surface area contributed by atoms with Crippen LogP contribution in [0.3, 0.4) is 0 Å². The van der Waals surface area contributed by atoms with Crippen molar-refractivity contribution in [2.24, 2.45) is 0 Å². The molecule has 0 aromatic heterocycles. The number of hydrogen-bond acceptors (Lipinski definition) is 8. The molecule has 1 aromatic rings. The van der Waals surface area contributed by atoms with E-state index in [-0.39, 0.29) is 0 Å². The molecule has 0 aliphatic heterocycles. The second kappa shape index (κ2) is 19.8. The van der Waals surface area contributed by atoms with Crippen LogP contribution in [0, 0.1) is 0 Å². The van der Waals surface area contributed by atoms with Crippen molar-refractivity contribution in [3.63, 3.8) is 0 Å². The molecule has 0 aliphatic carbocycles. The number of quaternary nitrogens is 2. The van der Waals surface area contributed by atoms with Crippen molar-refractivity contribution < 1.29 is 36.6 Å². The molecule has 34 heavy (non-hydrogen) atoms. The second-order valence-corrected chi connectivity index (χ2v) is 10.7. The summed E-state index contributed by atoms with van der Waals surface area (Å²) in [6.45, 7) is 14.3. The first-order valence-corrected chi connectivity index (χ1v) is 14.9. The molecule has 0 unspecified atom stereocenters. The molecule has 0 saturated carbocycles. The van der Waals surface area contributed by atoms with Gasteiger partial charge in [-0.3, -0.25) is 0 Å². The molecule has 0 atom stereocenters. The molecule has 0 aliphatic rings. The highest BCUT2D eigenvalue weighted by atomic mass is 32.2. The summed E-state index contributed by atoms with van der Waals surface area (Å²) in [5.74, 6) is 0. The van der Waals surface area contributed by atoms with Crippen LogP contribution in [0.5, 0.6) is 0 Å². The number of nitrogen functional groups attached to an aromatic ring is 2. The summed E-state index contributed by atoms with van der Waals surface area (Å²) in [5.41, 5.74) is 9.30. The highest BCUT2D eigenvalue weighted by Gasteiger charge is 2.14. The third-order valence-corrected chi connectivity index (χ3v) is 6.51. The van der Waals surface area contributed by atoms with Crippen molar-refractivity contribution in [1.82, 2.24) is 0 Å². The molecule has 0 bridgehead atoms. The van der Waals surface area contributed by atoms with Gasteiger partial charge in [0.25, 0.3) is 0 Å². The van der Waals surface area contributed by atoms with Gasteiger partial charge in [0.1, 0.15) is 20.2 Å². The third-order valence-electron chi connectivity index (χ3n) is 4.73. The lowest BCUT2D eigenvalue weighted by Gasteiger charge is -2.15. The lowest BCUT2D eigenvalue weighted by Crippen LogP contribution is -2.84. The predicted octanol–water partition coefficient (Wildman–Crippen LogP) is 0.959. The molecule has 0 radical (unpaired) electrons. The quantitative estimate of drug-likeness (QED) is 0.156. The molecule has 0 saturated heterocycles. The summed E-state index contributed by atoms with van der Waals surface area (Å²) in [6, 6.07) is 1.09. The maximum atomic E-state index is 10.7. The monoisotopic (exact) mass is 526 g/mol. The van der Waals surface area contributed by atoms with Crippen molar-refractivity contribution in [2.75, 3.05) is 37.6 Å². The Bertz CT molecular complexity index is 783. The number of hydrogen-bond donors (Lipinski definition) is 4. The first-order valence-electron chi connectivity index (χ1n) is 12.1. The minimum atomic E-state index is -4.97. The highest BCUT2D eigenvalue weighted by Crippen LogP contribution is 2.27. The zero-order valence-corrected chi connectivity index (χ0v) is 22.8. The third kappa shape index (κ3) is 18.0. The van der Waals surface area contributed by atoms with Crippen molar-refractivity contribution in [2.45, 2.75) is 88.9 Å². The van der Waals surface area contributed by atoms with E-state index in [4.69, 9.17) is 11.5 Å². The van der Waals surface area contributed by atoms with Gasteiger partial charge in [-0.1, -0.05) is 53.4 Å². The topological polar surface area (TPSA) is 200 Å². The van der Waals surface area contributed by atoms with E-state index in [1.54, 1.807) is 0 Å². The van der Waals surface area contributed by atoms with E-state index < -0.39 is 41.4 Å². The summed E-state index contributed by atoms with van der Waals surface area (Å²) in [5, 5.41) is 4.85. The maximum absolute atomic E-state index is 10.7. The minimum absolute atomic E-state index is 0.356. The van der Waals surface area contributed by atoms with E-state index in [0.717, 1.165) is 6.07 Å². The molecule has 12 heteroatoms. The van der Waals surface area contributed by atoms with Gasteiger partial charge >= 0.3 is 0 Å². The van der Waals surface area contributed by atoms with Crippen LogP contribution in [0.4, 0.5) is 11.4 Å². The summed E-state index contributed by atoms with van der Waals surface area (Å²) in [4.78, 5) is -1.98. The van der Waals surface area contributed by atoms with Crippen LogP contribution >= 0.6 is 0 Å². The molecule has 10 nitrogen and oxygen atoms in total. The van der Waals surface area contributed by atoms with Crippen LogP contribution in [0.15, 0.2) is 21.9 Å². The number of anilines is 2. The fourth-order valence-corrected chi connectivity index (χ4v) is 4.01. The van der Waals surface area contributed by atoms with E-state index in [1.807, 2.05) is 0 Å². The number of rotatable bonds is 14. The van der Waals surface area contributed by atoms with Crippen LogP contribution in [0.2, 0.25) is 0 Å². The Balaban J connectivity index is 0. The van der Waals surface area contributed by atoms with E-state index in [9.17, 15) is 25.9 Å². The molecule has 202 valence electrons. The van der Waals surface area contributed by atoms with Crippen LogP contribution in [-0.4, -0.2) is 52.1 Å². The summed E-state index contributed by atoms with van der Waals surface area (Å²) < 4.78 is 64.0. The van der Waals surface area contributed by atoms with Gasteiger partial charge in [0, 0.05) is 0 Å². The SMILES string of the molecule is CCCC[NH2+]CCCC.CCCC[NH2+]CCCC.Nc1cc(N)c(S(=O)(=O)[O-])cc1S(=O)(=O)[O-]. The van der Waals surface area contributed by atoms with Gasteiger partial charge < -0.3 is 31.2 Å². The Labute approximate surface area is 206 Å². The second-order valence-electron chi connectivity index (χ2n) is 7.98. The van der Waals surface area contributed by atoms with Crippen molar-refractivity contribution >= 4 is 31.6 Å². The predicted molar refractivity (Wildman–Crippen MR) is 134 cm³/mol. The van der Waals surface area contributed by atoms with Gasteiger partial charge in [0.15, 0.2) is 0 Å². The summed E-state index contributed by atoms with van der Waals surface area (Å²) >= 11 is 0. The molecule has 0 amide bonds. The fraction of sp³-hybridized carbons (Fsp3) is 0.727. The van der Waals surface area contributed by atoms with E-state index in [2.05, 4.69) is 38.3 Å². The molecular formula is C22H46N4O6S2. The first kappa shape index (κ1) is 34.7. The van der Waals surface area contributed by atoms with Crippen molar-refractivity contribution in [3.05, 3.63) is 12.1 Å². The largest absolute Gasteiger partial charge is 0.744 e. The minimum Gasteiger partial charge on any atom is -0.744 e. The molecular weight excluding hydrogens is 480 g/mol. The summed E-state index contributed by atoms with van der Waals surface area (Å²) in [6.07, 6.45) is 10.9. The Hall–Kier alpha value is -1.44. The Morgan fingerprint density at radius 2 is 0.882 bits per heavy atom. The van der Waals surface area contributed by atoms with E-state index in [0.29, 0.717) is 6.07 Å². The van der Waals surface area contributed by atoms with Crippen LogP contribution in [-0.2, 0) is 20.2 Å². The Kier molecular flexibility index (Phi) is 20.2. The average Bonchev–Trinajstić information content (AvgIpc) is 2.73. The summed E-state index contributed by atoms with van der Waals surface area (Å²) in [7, 11) is -9.93. The zero-order valence-electron chi connectivity index (χ0n) is 21.2.